The molecule has 1 aromatic carbocycles. The first-order valence-electron chi connectivity index (χ1n) is 5.84. The summed E-state index contributed by atoms with van der Waals surface area (Å²) in [5.74, 6) is 0.472. The molecule has 0 saturated carbocycles. The van der Waals surface area contributed by atoms with Crippen LogP contribution < -0.4 is 5.73 Å². The predicted molar refractivity (Wildman–Crippen MR) is 67.5 cm³/mol. The third-order valence-corrected chi connectivity index (χ3v) is 3.00. The van der Waals surface area contributed by atoms with E-state index in [0.29, 0.717) is 5.58 Å². The first-order chi connectivity index (χ1) is 7.90. The quantitative estimate of drug-likeness (QED) is 0.883. The molecular weight excluding hydrogens is 217 g/mol. The summed E-state index contributed by atoms with van der Waals surface area (Å²) in [5.41, 5.74) is 5.98. The molecule has 1 unspecified atom stereocenters. The van der Waals surface area contributed by atoms with E-state index >= 15 is 0 Å². The van der Waals surface area contributed by atoms with Crippen molar-refractivity contribution < 1.29 is 8.81 Å². The number of hydrogen-bond acceptors (Lipinski definition) is 2. The van der Waals surface area contributed by atoms with Crippen molar-refractivity contribution in [1.29, 1.82) is 0 Å². The van der Waals surface area contributed by atoms with Crippen LogP contribution in [0.15, 0.2) is 28.7 Å². The summed E-state index contributed by atoms with van der Waals surface area (Å²) >= 11 is 0. The predicted octanol–water partition coefficient (Wildman–Crippen LogP) is 3.59. The first kappa shape index (κ1) is 12.1. The van der Waals surface area contributed by atoms with Crippen molar-refractivity contribution in [2.75, 3.05) is 0 Å². The van der Waals surface area contributed by atoms with Gasteiger partial charge < -0.3 is 10.2 Å². The van der Waals surface area contributed by atoms with Crippen molar-refractivity contribution in [2.24, 2.45) is 5.73 Å². The zero-order valence-electron chi connectivity index (χ0n) is 10.5. The van der Waals surface area contributed by atoms with Gasteiger partial charge in [-0.3, -0.25) is 0 Å². The van der Waals surface area contributed by atoms with E-state index in [-0.39, 0.29) is 17.3 Å². The molecular formula is C14H18FNO. The van der Waals surface area contributed by atoms with Crippen LogP contribution in [-0.4, -0.2) is 6.04 Å². The molecule has 0 aliphatic heterocycles. The lowest BCUT2D eigenvalue weighted by molar-refractivity contribution is 0.354. The highest BCUT2D eigenvalue weighted by Crippen LogP contribution is 2.33. The van der Waals surface area contributed by atoms with Crippen LogP contribution in [0.4, 0.5) is 4.39 Å². The molecule has 1 heterocycles. The molecule has 0 aliphatic rings. The lowest BCUT2D eigenvalue weighted by atomic mass is 9.84. The maximum absolute atomic E-state index is 13.5. The topological polar surface area (TPSA) is 39.2 Å². The summed E-state index contributed by atoms with van der Waals surface area (Å²) in [5, 5.41) is 0.803. The number of halogens is 1. The van der Waals surface area contributed by atoms with Gasteiger partial charge in [0.05, 0.1) is 0 Å². The minimum atomic E-state index is -0.314. The van der Waals surface area contributed by atoms with Crippen LogP contribution in [0.25, 0.3) is 11.0 Å². The zero-order chi connectivity index (χ0) is 12.6. The van der Waals surface area contributed by atoms with Gasteiger partial charge in [-0.2, -0.15) is 0 Å². The Morgan fingerprint density at radius 1 is 1.41 bits per heavy atom. The number of furan rings is 1. The van der Waals surface area contributed by atoms with Crippen molar-refractivity contribution in [1.82, 2.24) is 0 Å². The summed E-state index contributed by atoms with van der Waals surface area (Å²) in [7, 11) is 0. The van der Waals surface area contributed by atoms with Crippen molar-refractivity contribution in [3.05, 3.63) is 35.8 Å². The molecule has 0 amide bonds. The lowest BCUT2D eigenvalue weighted by Gasteiger charge is -2.23. The van der Waals surface area contributed by atoms with Crippen LogP contribution in [0.1, 0.15) is 33.0 Å². The Hall–Kier alpha value is -1.35. The fraction of sp³-hybridized carbons (Fsp3) is 0.429. The Morgan fingerprint density at radius 3 is 2.71 bits per heavy atom. The molecule has 0 fully saturated rings. The van der Waals surface area contributed by atoms with Crippen LogP contribution in [0, 0.1) is 5.82 Å². The summed E-state index contributed by atoms with van der Waals surface area (Å²) in [4.78, 5) is 0. The smallest absolute Gasteiger partial charge is 0.169 e. The number of fused-ring (bicyclic) bond motifs is 1. The molecule has 3 heteroatoms. The average molecular weight is 235 g/mol. The van der Waals surface area contributed by atoms with Gasteiger partial charge in [-0.25, -0.2) is 4.39 Å². The Balaban J connectivity index is 2.46. The molecule has 0 bridgehead atoms. The van der Waals surface area contributed by atoms with Gasteiger partial charge in [0.2, 0.25) is 0 Å². The van der Waals surface area contributed by atoms with Crippen molar-refractivity contribution in [3.63, 3.8) is 0 Å². The normalized spacial score (nSPS) is 14.2. The zero-order valence-corrected chi connectivity index (χ0v) is 10.5. The SMILES string of the molecule is CC(N)CC(C)(C)c1cc2cccc(F)c2o1. The third-order valence-electron chi connectivity index (χ3n) is 3.00. The van der Waals surface area contributed by atoms with E-state index in [1.54, 1.807) is 6.07 Å². The van der Waals surface area contributed by atoms with Crippen LogP contribution in [-0.2, 0) is 5.41 Å². The van der Waals surface area contributed by atoms with Gasteiger partial charge in [-0.05, 0) is 25.5 Å². The molecule has 92 valence electrons. The maximum Gasteiger partial charge on any atom is 0.169 e. The standard InChI is InChI=1S/C14H18FNO/c1-9(16)8-14(2,3)12-7-10-5-4-6-11(15)13(10)17-12/h4-7,9H,8,16H2,1-3H3. The van der Waals surface area contributed by atoms with E-state index < -0.39 is 0 Å². The maximum atomic E-state index is 13.5. The van der Waals surface area contributed by atoms with Gasteiger partial charge in [-0.1, -0.05) is 26.0 Å². The molecule has 0 saturated heterocycles. The molecule has 2 rings (SSSR count). The van der Waals surface area contributed by atoms with Crippen LogP contribution in [0.2, 0.25) is 0 Å². The van der Waals surface area contributed by atoms with Gasteiger partial charge in [-0.15, -0.1) is 0 Å². The largest absolute Gasteiger partial charge is 0.457 e. The van der Waals surface area contributed by atoms with E-state index in [4.69, 9.17) is 10.2 Å². The van der Waals surface area contributed by atoms with E-state index in [9.17, 15) is 4.39 Å². The number of hydrogen-bond donors (Lipinski definition) is 1. The number of para-hydroxylation sites is 1. The molecule has 0 spiro atoms. The van der Waals surface area contributed by atoms with Crippen molar-refractivity contribution in [2.45, 2.75) is 38.6 Å². The van der Waals surface area contributed by atoms with Gasteiger partial charge >= 0.3 is 0 Å². The Morgan fingerprint density at radius 2 is 2.12 bits per heavy atom. The second-order valence-electron chi connectivity index (χ2n) is 5.33. The molecule has 17 heavy (non-hydrogen) atoms. The van der Waals surface area contributed by atoms with Gasteiger partial charge in [0.15, 0.2) is 11.4 Å². The summed E-state index contributed by atoms with van der Waals surface area (Å²) in [6, 6.07) is 6.95. The molecule has 1 atom stereocenters. The number of nitrogens with two attached hydrogens (primary N) is 1. The van der Waals surface area contributed by atoms with E-state index in [1.807, 2.05) is 19.1 Å². The Kier molecular flexibility index (Phi) is 2.96. The van der Waals surface area contributed by atoms with Gasteiger partial charge in [0, 0.05) is 16.8 Å². The molecule has 2 N–H and O–H groups in total. The monoisotopic (exact) mass is 235 g/mol. The number of rotatable bonds is 3. The molecule has 0 radical (unpaired) electrons. The Labute approximate surface area is 101 Å². The molecule has 1 aromatic heterocycles. The average Bonchev–Trinajstić information content (AvgIpc) is 2.61. The molecule has 0 aliphatic carbocycles. The summed E-state index contributed by atoms with van der Waals surface area (Å²) in [6.45, 7) is 6.09. The highest BCUT2D eigenvalue weighted by atomic mass is 19.1. The van der Waals surface area contributed by atoms with Crippen LogP contribution in [0.3, 0.4) is 0 Å². The van der Waals surface area contributed by atoms with E-state index in [2.05, 4.69) is 13.8 Å². The minimum absolute atomic E-state index is 0.0862. The fourth-order valence-electron chi connectivity index (χ4n) is 2.27. The number of benzene rings is 1. The summed E-state index contributed by atoms with van der Waals surface area (Å²) < 4.78 is 19.2. The van der Waals surface area contributed by atoms with Crippen LogP contribution in [0.5, 0.6) is 0 Å². The second kappa shape index (κ2) is 4.15. The van der Waals surface area contributed by atoms with E-state index in [0.717, 1.165) is 17.6 Å². The third kappa shape index (κ3) is 2.34. The van der Waals surface area contributed by atoms with Crippen molar-refractivity contribution in [3.8, 4) is 0 Å². The lowest BCUT2D eigenvalue weighted by Crippen LogP contribution is -2.27. The molecule has 2 nitrogen and oxygen atoms in total. The second-order valence-corrected chi connectivity index (χ2v) is 5.33. The van der Waals surface area contributed by atoms with E-state index in [1.165, 1.54) is 6.07 Å². The first-order valence-corrected chi connectivity index (χ1v) is 5.84. The van der Waals surface area contributed by atoms with Crippen molar-refractivity contribution >= 4 is 11.0 Å². The highest BCUT2D eigenvalue weighted by molar-refractivity contribution is 5.78. The molecule has 2 aromatic rings. The Bertz CT molecular complexity index is 528. The highest BCUT2D eigenvalue weighted by Gasteiger charge is 2.26. The summed E-state index contributed by atoms with van der Waals surface area (Å²) in [6.07, 6.45) is 0.800. The van der Waals surface area contributed by atoms with Gasteiger partial charge in [0.1, 0.15) is 5.76 Å². The minimum Gasteiger partial charge on any atom is -0.457 e. The van der Waals surface area contributed by atoms with Gasteiger partial charge in [0.25, 0.3) is 0 Å². The van der Waals surface area contributed by atoms with Crippen LogP contribution >= 0.6 is 0 Å². The fourth-order valence-corrected chi connectivity index (χ4v) is 2.27.